The molecule has 0 amide bonds. The molecule has 0 bridgehead atoms. The first kappa shape index (κ1) is 15.8. The third-order valence-electron chi connectivity index (χ3n) is 2.92. The molecular formula is C12H26N2OS. The SMILES string of the molecule is CCOCCN(CC)CCC(C)(C)C(N)=S. The average molecular weight is 246 g/mol. The van der Waals surface area contributed by atoms with Crippen LogP contribution < -0.4 is 5.73 Å². The molecule has 0 rings (SSSR count). The van der Waals surface area contributed by atoms with E-state index in [1.807, 2.05) is 6.92 Å². The Labute approximate surface area is 105 Å². The minimum atomic E-state index is -0.0473. The molecule has 0 heterocycles. The predicted molar refractivity (Wildman–Crippen MR) is 73.8 cm³/mol. The van der Waals surface area contributed by atoms with Gasteiger partial charge in [-0.25, -0.2) is 0 Å². The summed E-state index contributed by atoms with van der Waals surface area (Å²) in [5.74, 6) is 0. The van der Waals surface area contributed by atoms with Crippen molar-refractivity contribution >= 4 is 17.2 Å². The quantitative estimate of drug-likeness (QED) is 0.499. The first-order valence-corrected chi connectivity index (χ1v) is 6.44. The van der Waals surface area contributed by atoms with Crippen molar-refractivity contribution in [2.75, 3.05) is 32.8 Å². The Morgan fingerprint density at radius 2 is 1.94 bits per heavy atom. The number of nitrogens with zero attached hydrogens (tertiary/aromatic N) is 1. The van der Waals surface area contributed by atoms with E-state index in [1.165, 1.54) is 0 Å². The highest BCUT2D eigenvalue weighted by molar-refractivity contribution is 7.80. The average Bonchev–Trinajstić information content (AvgIpc) is 2.23. The molecule has 0 spiro atoms. The number of rotatable bonds is 9. The number of ether oxygens (including phenoxy) is 1. The maximum atomic E-state index is 5.71. The van der Waals surface area contributed by atoms with Crippen molar-refractivity contribution in [3.8, 4) is 0 Å². The molecule has 0 aliphatic rings. The molecule has 4 heteroatoms. The van der Waals surface area contributed by atoms with Gasteiger partial charge in [0.15, 0.2) is 0 Å². The van der Waals surface area contributed by atoms with Gasteiger partial charge in [-0.2, -0.15) is 0 Å². The molecular weight excluding hydrogens is 220 g/mol. The van der Waals surface area contributed by atoms with Crippen LogP contribution in [0.2, 0.25) is 0 Å². The van der Waals surface area contributed by atoms with Gasteiger partial charge in [0, 0.05) is 18.6 Å². The molecule has 96 valence electrons. The van der Waals surface area contributed by atoms with E-state index in [9.17, 15) is 0 Å². The molecule has 0 radical (unpaired) electrons. The van der Waals surface area contributed by atoms with Gasteiger partial charge in [0.25, 0.3) is 0 Å². The van der Waals surface area contributed by atoms with Crippen LogP contribution in [-0.2, 0) is 4.74 Å². The molecule has 0 fully saturated rings. The van der Waals surface area contributed by atoms with E-state index in [-0.39, 0.29) is 5.41 Å². The van der Waals surface area contributed by atoms with Gasteiger partial charge >= 0.3 is 0 Å². The van der Waals surface area contributed by atoms with Gasteiger partial charge in [-0.1, -0.05) is 33.0 Å². The minimum absolute atomic E-state index is 0.0473. The monoisotopic (exact) mass is 246 g/mol. The van der Waals surface area contributed by atoms with Crippen molar-refractivity contribution in [1.82, 2.24) is 4.90 Å². The summed E-state index contributed by atoms with van der Waals surface area (Å²) in [5, 5.41) is 0. The lowest BCUT2D eigenvalue weighted by Gasteiger charge is -2.27. The fourth-order valence-corrected chi connectivity index (χ4v) is 1.43. The molecule has 0 aromatic carbocycles. The van der Waals surface area contributed by atoms with E-state index in [2.05, 4.69) is 25.7 Å². The summed E-state index contributed by atoms with van der Waals surface area (Å²) in [6, 6.07) is 0. The van der Waals surface area contributed by atoms with Crippen LogP contribution in [0.1, 0.15) is 34.1 Å². The molecule has 0 aromatic heterocycles. The molecule has 3 nitrogen and oxygen atoms in total. The minimum Gasteiger partial charge on any atom is -0.393 e. The van der Waals surface area contributed by atoms with Gasteiger partial charge < -0.3 is 15.4 Å². The summed E-state index contributed by atoms with van der Waals surface area (Å²) < 4.78 is 5.35. The van der Waals surface area contributed by atoms with Crippen LogP contribution in [0.15, 0.2) is 0 Å². The highest BCUT2D eigenvalue weighted by Gasteiger charge is 2.21. The third kappa shape index (κ3) is 6.40. The molecule has 0 saturated carbocycles. The molecule has 0 atom stereocenters. The van der Waals surface area contributed by atoms with Crippen LogP contribution in [0.25, 0.3) is 0 Å². The topological polar surface area (TPSA) is 38.5 Å². The molecule has 0 aliphatic heterocycles. The first-order chi connectivity index (χ1) is 7.44. The predicted octanol–water partition coefficient (Wildman–Crippen LogP) is 2.05. The van der Waals surface area contributed by atoms with E-state index in [1.54, 1.807) is 0 Å². The van der Waals surface area contributed by atoms with Crippen LogP contribution >= 0.6 is 12.2 Å². The summed E-state index contributed by atoms with van der Waals surface area (Å²) in [6.07, 6.45) is 1.00. The van der Waals surface area contributed by atoms with E-state index < -0.39 is 0 Å². The summed E-state index contributed by atoms with van der Waals surface area (Å²) >= 11 is 5.06. The van der Waals surface area contributed by atoms with Gasteiger partial charge in [-0.3, -0.25) is 0 Å². The zero-order valence-corrected chi connectivity index (χ0v) is 11.9. The lowest BCUT2D eigenvalue weighted by molar-refractivity contribution is 0.112. The van der Waals surface area contributed by atoms with Gasteiger partial charge in [0.2, 0.25) is 0 Å². The standard InChI is InChI=1S/C12H26N2OS/c1-5-14(9-10-15-6-2)8-7-12(3,4)11(13)16/h5-10H2,1-4H3,(H2,13,16). The second kappa shape index (κ2) is 7.98. The Hall–Kier alpha value is -0.190. The highest BCUT2D eigenvalue weighted by atomic mass is 32.1. The van der Waals surface area contributed by atoms with Crippen LogP contribution in [0.5, 0.6) is 0 Å². The third-order valence-corrected chi connectivity index (χ3v) is 3.48. The first-order valence-electron chi connectivity index (χ1n) is 6.04. The molecule has 0 aromatic rings. The number of likely N-dealkylation sites (N-methyl/N-ethyl adjacent to an activating group) is 1. The maximum Gasteiger partial charge on any atom is 0.0784 e. The zero-order chi connectivity index (χ0) is 12.6. The Balaban J connectivity index is 3.90. The summed E-state index contributed by atoms with van der Waals surface area (Å²) in [4.78, 5) is 2.98. The molecule has 16 heavy (non-hydrogen) atoms. The molecule has 0 unspecified atom stereocenters. The van der Waals surface area contributed by atoms with Gasteiger partial charge in [0.05, 0.1) is 11.6 Å². The van der Waals surface area contributed by atoms with Crippen molar-refractivity contribution in [2.24, 2.45) is 11.1 Å². The van der Waals surface area contributed by atoms with Gasteiger partial charge in [-0.05, 0) is 26.4 Å². The lowest BCUT2D eigenvalue weighted by Crippen LogP contribution is -2.36. The van der Waals surface area contributed by atoms with E-state index in [4.69, 9.17) is 22.7 Å². The van der Waals surface area contributed by atoms with E-state index >= 15 is 0 Å². The second-order valence-electron chi connectivity index (χ2n) is 4.63. The normalized spacial score (nSPS) is 12.1. The number of nitrogens with two attached hydrogens (primary N) is 1. The molecule has 2 N–H and O–H groups in total. The second-order valence-corrected chi connectivity index (χ2v) is 5.07. The maximum absolute atomic E-state index is 5.71. The molecule has 0 aliphatic carbocycles. The largest absolute Gasteiger partial charge is 0.393 e. The number of hydrogen-bond donors (Lipinski definition) is 1. The van der Waals surface area contributed by atoms with Crippen LogP contribution in [0.3, 0.4) is 0 Å². The fraction of sp³-hybridized carbons (Fsp3) is 0.917. The van der Waals surface area contributed by atoms with Crippen molar-refractivity contribution in [3.05, 3.63) is 0 Å². The Kier molecular flexibility index (Phi) is 7.89. The lowest BCUT2D eigenvalue weighted by atomic mass is 9.89. The number of thiocarbonyl (C=S) groups is 1. The highest BCUT2D eigenvalue weighted by Crippen LogP contribution is 2.20. The fourth-order valence-electron chi connectivity index (χ4n) is 1.33. The van der Waals surface area contributed by atoms with E-state index in [0.717, 1.165) is 39.3 Å². The summed E-state index contributed by atoms with van der Waals surface area (Å²) in [7, 11) is 0. The Morgan fingerprint density at radius 1 is 1.31 bits per heavy atom. The Morgan fingerprint density at radius 3 is 2.38 bits per heavy atom. The van der Waals surface area contributed by atoms with Crippen molar-refractivity contribution in [2.45, 2.75) is 34.1 Å². The van der Waals surface area contributed by atoms with Crippen molar-refractivity contribution in [3.63, 3.8) is 0 Å². The molecule has 0 saturated heterocycles. The number of hydrogen-bond acceptors (Lipinski definition) is 3. The van der Waals surface area contributed by atoms with Crippen LogP contribution in [0.4, 0.5) is 0 Å². The van der Waals surface area contributed by atoms with Crippen molar-refractivity contribution in [1.29, 1.82) is 0 Å². The Bertz CT molecular complexity index is 207. The van der Waals surface area contributed by atoms with Crippen molar-refractivity contribution < 1.29 is 4.74 Å². The summed E-state index contributed by atoms with van der Waals surface area (Å²) in [6.45, 7) is 13.0. The van der Waals surface area contributed by atoms with Gasteiger partial charge in [0.1, 0.15) is 0 Å². The smallest absolute Gasteiger partial charge is 0.0784 e. The summed E-state index contributed by atoms with van der Waals surface area (Å²) in [5.41, 5.74) is 5.66. The van der Waals surface area contributed by atoms with Crippen LogP contribution in [0, 0.1) is 5.41 Å². The zero-order valence-electron chi connectivity index (χ0n) is 11.1. The van der Waals surface area contributed by atoms with E-state index in [0.29, 0.717) is 4.99 Å². The van der Waals surface area contributed by atoms with Crippen LogP contribution in [-0.4, -0.2) is 42.7 Å². The van der Waals surface area contributed by atoms with Gasteiger partial charge in [-0.15, -0.1) is 0 Å².